The molecule has 0 fully saturated rings. The van der Waals surface area contributed by atoms with E-state index < -0.39 is 0 Å². The number of ether oxygens (including phenoxy) is 3. The minimum Gasteiger partial charge on any atom is -0.496 e. The van der Waals surface area contributed by atoms with Crippen molar-refractivity contribution < 1.29 is 19.0 Å². The Morgan fingerprint density at radius 3 is 2.92 bits per heavy atom. The van der Waals surface area contributed by atoms with Crippen LogP contribution in [0.1, 0.15) is 30.7 Å². The van der Waals surface area contributed by atoms with E-state index in [0.29, 0.717) is 30.6 Å². The number of nitrogens with one attached hydrogen (secondary N) is 1. The van der Waals surface area contributed by atoms with E-state index in [9.17, 15) is 4.79 Å². The van der Waals surface area contributed by atoms with E-state index >= 15 is 0 Å². The molecule has 1 heterocycles. The molecule has 0 aliphatic carbocycles. The number of esters is 1. The molecule has 0 unspecified atom stereocenters. The van der Waals surface area contributed by atoms with Gasteiger partial charge in [-0.2, -0.15) is 5.10 Å². The summed E-state index contributed by atoms with van der Waals surface area (Å²) in [5.41, 5.74) is 5.41. The zero-order chi connectivity index (χ0) is 18.8. The minimum absolute atomic E-state index is 0.162. The van der Waals surface area contributed by atoms with Crippen molar-refractivity contribution in [2.45, 2.75) is 26.9 Å². The number of carbonyl (C=O) groups excluding carboxylic acids is 1. The number of methoxy groups -OCH3 is 1. The molecular formula is C18H23N3O4S. The number of hydrogen-bond acceptors (Lipinski definition) is 8. The average molecular weight is 377 g/mol. The number of rotatable bonds is 10. The van der Waals surface area contributed by atoms with Crippen LogP contribution in [0.25, 0.3) is 0 Å². The summed E-state index contributed by atoms with van der Waals surface area (Å²) in [5, 5.41) is 6.61. The maximum atomic E-state index is 11.5. The molecule has 0 atom stereocenters. The second-order valence-corrected chi connectivity index (χ2v) is 6.06. The van der Waals surface area contributed by atoms with Crippen LogP contribution in [0.5, 0.6) is 5.75 Å². The van der Waals surface area contributed by atoms with Gasteiger partial charge in [0.05, 0.1) is 38.7 Å². The molecule has 8 heteroatoms. The van der Waals surface area contributed by atoms with Crippen molar-refractivity contribution in [2.24, 2.45) is 5.10 Å². The maximum Gasteiger partial charge on any atom is 0.311 e. The summed E-state index contributed by atoms with van der Waals surface area (Å²) in [6, 6.07) is 5.76. The smallest absolute Gasteiger partial charge is 0.311 e. The van der Waals surface area contributed by atoms with Gasteiger partial charge in [-0.1, -0.05) is 0 Å². The molecule has 7 nitrogen and oxygen atoms in total. The van der Waals surface area contributed by atoms with E-state index in [2.05, 4.69) is 15.5 Å². The lowest BCUT2D eigenvalue weighted by Gasteiger charge is -2.09. The predicted octanol–water partition coefficient (Wildman–Crippen LogP) is 3.24. The molecule has 0 amide bonds. The summed E-state index contributed by atoms with van der Waals surface area (Å²) >= 11 is 1.38. The van der Waals surface area contributed by atoms with Gasteiger partial charge in [-0.15, -0.1) is 11.3 Å². The number of benzene rings is 1. The van der Waals surface area contributed by atoms with Gasteiger partial charge >= 0.3 is 5.97 Å². The molecule has 0 radical (unpaired) electrons. The van der Waals surface area contributed by atoms with Crippen molar-refractivity contribution in [3.63, 3.8) is 0 Å². The van der Waals surface area contributed by atoms with E-state index in [0.717, 1.165) is 16.9 Å². The van der Waals surface area contributed by atoms with Crippen molar-refractivity contribution in [3.05, 3.63) is 40.4 Å². The molecular weight excluding hydrogens is 354 g/mol. The molecule has 0 saturated carbocycles. The number of nitrogens with zero attached hydrogens (tertiary/aromatic N) is 2. The quantitative estimate of drug-likeness (QED) is 0.389. The van der Waals surface area contributed by atoms with Crippen LogP contribution in [0, 0.1) is 0 Å². The third-order valence-corrected chi connectivity index (χ3v) is 4.12. The number of thiazole rings is 1. The largest absolute Gasteiger partial charge is 0.496 e. The van der Waals surface area contributed by atoms with E-state index in [-0.39, 0.29) is 12.4 Å². The predicted molar refractivity (Wildman–Crippen MR) is 102 cm³/mol. The Hall–Kier alpha value is -2.45. The Morgan fingerprint density at radius 1 is 1.35 bits per heavy atom. The van der Waals surface area contributed by atoms with Gasteiger partial charge in [0.15, 0.2) is 0 Å². The van der Waals surface area contributed by atoms with Gasteiger partial charge in [0.25, 0.3) is 0 Å². The van der Waals surface area contributed by atoms with Crippen molar-refractivity contribution >= 4 is 28.7 Å². The number of aromatic nitrogens is 1. The molecule has 140 valence electrons. The first kappa shape index (κ1) is 19.9. The highest BCUT2D eigenvalue weighted by atomic mass is 32.1. The van der Waals surface area contributed by atoms with Gasteiger partial charge in [-0.05, 0) is 37.6 Å². The fourth-order valence-corrected chi connectivity index (χ4v) is 2.82. The van der Waals surface area contributed by atoms with Crippen molar-refractivity contribution in [3.8, 4) is 5.75 Å². The SMILES string of the molecule is CCOCc1cc(C=NNc2nc(CC(=O)OCC)cs2)ccc1OC. The van der Waals surface area contributed by atoms with Gasteiger partial charge in [-0.25, -0.2) is 4.98 Å². The summed E-state index contributed by atoms with van der Waals surface area (Å²) < 4.78 is 15.7. The molecule has 2 aromatic rings. The van der Waals surface area contributed by atoms with Gasteiger partial charge in [0.1, 0.15) is 5.75 Å². The summed E-state index contributed by atoms with van der Waals surface area (Å²) in [5.74, 6) is 0.500. The van der Waals surface area contributed by atoms with E-state index in [1.165, 1.54) is 11.3 Å². The Kier molecular flexibility index (Phi) is 8.04. The fraction of sp³-hybridized carbons (Fsp3) is 0.389. The third-order valence-electron chi connectivity index (χ3n) is 3.32. The Bertz CT molecular complexity index is 746. The lowest BCUT2D eigenvalue weighted by molar-refractivity contribution is -0.142. The Balaban J connectivity index is 1.95. The standard InChI is InChI=1S/C18H23N3O4S/c1-4-24-11-14-8-13(6-7-16(14)23-3)10-19-21-18-20-15(12-26-18)9-17(22)25-5-2/h6-8,10,12H,4-5,9,11H2,1-3H3,(H,20,21). The highest BCUT2D eigenvalue weighted by molar-refractivity contribution is 7.13. The summed E-state index contributed by atoms with van der Waals surface area (Å²) in [7, 11) is 1.64. The molecule has 26 heavy (non-hydrogen) atoms. The first-order chi connectivity index (χ1) is 12.7. The first-order valence-corrected chi connectivity index (χ1v) is 9.18. The highest BCUT2D eigenvalue weighted by Crippen LogP contribution is 2.20. The van der Waals surface area contributed by atoms with Crippen LogP contribution in [0.2, 0.25) is 0 Å². The van der Waals surface area contributed by atoms with Crippen LogP contribution in [-0.4, -0.2) is 37.5 Å². The molecule has 0 aliphatic rings. The van der Waals surface area contributed by atoms with Crippen LogP contribution in [0.4, 0.5) is 5.13 Å². The number of hydrazone groups is 1. The summed E-state index contributed by atoms with van der Waals surface area (Å²) in [6.45, 7) is 5.22. The Morgan fingerprint density at radius 2 is 2.19 bits per heavy atom. The highest BCUT2D eigenvalue weighted by Gasteiger charge is 2.08. The number of hydrogen-bond donors (Lipinski definition) is 1. The minimum atomic E-state index is -0.284. The van der Waals surface area contributed by atoms with E-state index in [4.69, 9.17) is 14.2 Å². The molecule has 1 N–H and O–H groups in total. The average Bonchev–Trinajstić information content (AvgIpc) is 3.07. The molecule has 1 aromatic heterocycles. The van der Waals surface area contributed by atoms with Crippen LogP contribution in [0.15, 0.2) is 28.7 Å². The fourth-order valence-electron chi connectivity index (χ4n) is 2.17. The van der Waals surface area contributed by atoms with Gasteiger partial charge in [0, 0.05) is 17.6 Å². The van der Waals surface area contributed by atoms with Crippen LogP contribution < -0.4 is 10.2 Å². The van der Waals surface area contributed by atoms with Gasteiger partial charge < -0.3 is 14.2 Å². The van der Waals surface area contributed by atoms with Crippen LogP contribution in [0.3, 0.4) is 0 Å². The number of anilines is 1. The van der Waals surface area contributed by atoms with Crippen LogP contribution in [-0.2, 0) is 27.3 Å². The monoisotopic (exact) mass is 377 g/mol. The van der Waals surface area contributed by atoms with Crippen molar-refractivity contribution in [1.82, 2.24) is 4.98 Å². The molecule has 1 aromatic carbocycles. The van der Waals surface area contributed by atoms with Crippen molar-refractivity contribution in [2.75, 3.05) is 25.7 Å². The molecule has 0 saturated heterocycles. The van der Waals surface area contributed by atoms with E-state index in [1.54, 1.807) is 20.2 Å². The lowest BCUT2D eigenvalue weighted by Crippen LogP contribution is -2.07. The maximum absolute atomic E-state index is 11.5. The number of carbonyl (C=O) groups is 1. The van der Waals surface area contributed by atoms with Gasteiger partial charge in [0.2, 0.25) is 5.13 Å². The molecule has 2 rings (SSSR count). The van der Waals surface area contributed by atoms with Crippen LogP contribution >= 0.6 is 11.3 Å². The van der Waals surface area contributed by atoms with E-state index in [1.807, 2.05) is 30.5 Å². The second kappa shape index (κ2) is 10.5. The first-order valence-electron chi connectivity index (χ1n) is 8.30. The zero-order valence-electron chi connectivity index (χ0n) is 15.2. The molecule has 0 bridgehead atoms. The third kappa shape index (κ3) is 6.12. The molecule has 0 aliphatic heterocycles. The summed E-state index contributed by atoms with van der Waals surface area (Å²) in [6.07, 6.45) is 1.86. The van der Waals surface area contributed by atoms with Crippen molar-refractivity contribution in [1.29, 1.82) is 0 Å². The van der Waals surface area contributed by atoms with Gasteiger partial charge in [-0.3, -0.25) is 10.2 Å². The topological polar surface area (TPSA) is 82.0 Å². The summed E-state index contributed by atoms with van der Waals surface area (Å²) in [4.78, 5) is 15.8. The Labute approximate surface area is 157 Å². The lowest BCUT2D eigenvalue weighted by atomic mass is 10.1. The molecule has 0 spiro atoms. The normalized spacial score (nSPS) is 10.9. The second-order valence-electron chi connectivity index (χ2n) is 5.20. The zero-order valence-corrected chi connectivity index (χ0v) is 16.0.